The van der Waals surface area contributed by atoms with Gasteiger partial charge in [0.2, 0.25) is 5.91 Å². The molecule has 0 aliphatic carbocycles. The Labute approximate surface area is 271 Å². The SMILES string of the molecule is COc1ccc(C2(OC(=O)c3ccc(OC(C)=O)c(OC(C)=O)c3)CC(=O)N(CCN(C)C)c3ccc4ccccc4c3S2)cc1. The summed E-state index contributed by atoms with van der Waals surface area (Å²) in [4.78, 5) is 54.8. The van der Waals surface area contributed by atoms with E-state index in [0.717, 1.165) is 21.4 Å². The molecule has 238 valence electrons. The van der Waals surface area contributed by atoms with Gasteiger partial charge in [-0.15, -0.1) is 0 Å². The second-order valence-corrected chi connectivity index (χ2v) is 12.3. The van der Waals surface area contributed by atoms with Crippen molar-refractivity contribution < 1.29 is 38.1 Å². The average Bonchev–Trinajstić information content (AvgIpc) is 3.14. The van der Waals surface area contributed by atoms with Gasteiger partial charge in [-0.05, 0) is 61.3 Å². The van der Waals surface area contributed by atoms with Crippen molar-refractivity contribution in [2.75, 3.05) is 39.2 Å². The first kappa shape index (κ1) is 32.5. The summed E-state index contributed by atoms with van der Waals surface area (Å²) in [5.74, 6) is -1.84. The molecule has 0 bridgehead atoms. The molecule has 10 nitrogen and oxygen atoms in total. The summed E-state index contributed by atoms with van der Waals surface area (Å²) in [6.07, 6.45) is -0.172. The molecule has 1 atom stereocenters. The summed E-state index contributed by atoms with van der Waals surface area (Å²) in [6.45, 7) is 3.44. The Morgan fingerprint density at radius 2 is 1.59 bits per heavy atom. The van der Waals surface area contributed by atoms with Crippen LogP contribution in [0.1, 0.15) is 36.2 Å². The number of amides is 1. The monoisotopic (exact) mass is 642 g/mol. The normalized spacial score (nSPS) is 16.0. The van der Waals surface area contributed by atoms with Crippen LogP contribution in [0.4, 0.5) is 5.69 Å². The Kier molecular flexibility index (Phi) is 9.64. The van der Waals surface area contributed by atoms with Crippen LogP contribution in [-0.2, 0) is 24.1 Å². The number of esters is 3. The first-order chi connectivity index (χ1) is 22.0. The lowest BCUT2D eigenvalue weighted by molar-refractivity contribution is -0.134. The minimum Gasteiger partial charge on any atom is -0.497 e. The van der Waals surface area contributed by atoms with Gasteiger partial charge in [0.05, 0.1) is 24.8 Å². The van der Waals surface area contributed by atoms with Gasteiger partial charge in [0.1, 0.15) is 5.75 Å². The van der Waals surface area contributed by atoms with Crippen LogP contribution in [0, 0.1) is 0 Å². The smallest absolute Gasteiger partial charge is 0.339 e. The number of methoxy groups -OCH3 is 1. The highest BCUT2D eigenvalue weighted by Crippen LogP contribution is 2.53. The van der Waals surface area contributed by atoms with Crippen molar-refractivity contribution in [3.05, 3.63) is 90.0 Å². The van der Waals surface area contributed by atoms with E-state index < -0.39 is 22.8 Å². The van der Waals surface area contributed by atoms with Crippen LogP contribution in [0.15, 0.2) is 83.8 Å². The minimum atomic E-state index is -1.51. The molecule has 0 spiro atoms. The van der Waals surface area contributed by atoms with E-state index in [1.807, 2.05) is 55.4 Å². The van der Waals surface area contributed by atoms with Crippen LogP contribution in [0.2, 0.25) is 0 Å². The molecule has 0 fully saturated rings. The van der Waals surface area contributed by atoms with Crippen LogP contribution < -0.4 is 19.1 Å². The van der Waals surface area contributed by atoms with Crippen molar-refractivity contribution in [2.24, 2.45) is 0 Å². The maximum atomic E-state index is 14.3. The van der Waals surface area contributed by atoms with Crippen molar-refractivity contribution in [3.8, 4) is 17.2 Å². The van der Waals surface area contributed by atoms with E-state index in [-0.39, 0.29) is 29.4 Å². The van der Waals surface area contributed by atoms with Crippen LogP contribution in [0.25, 0.3) is 10.8 Å². The number of nitrogens with zero attached hydrogens (tertiary/aromatic N) is 2. The number of ether oxygens (including phenoxy) is 4. The van der Waals surface area contributed by atoms with Gasteiger partial charge in [0, 0.05) is 37.4 Å². The summed E-state index contributed by atoms with van der Waals surface area (Å²) < 4.78 is 22.2. The van der Waals surface area contributed by atoms with E-state index in [9.17, 15) is 19.2 Å². The Morgan fingerprint density at radius 3 is 2.26 bits per heavy atom. The van der Waals surface area contributed by atoms with Gasteiger partial charge in [0.25, 0.3) is 0 Å². The Bertz CT molecular complexity index is 1810. The van der Waals surface area contributed by atoms with Gasteiger partial charge >= 0.3 is 17.9 Å². The number of benzene rings is 4. The summed E-state index contributed by atoms with van der Waals surface area (Å²) >= 11 is 1.30. The van der Waals surface area contributed by atoms with Gasteiger partial charge < -0.3 is 28.7 Å². The number of fused-ring (bicyclic) bond motifs is 3. The zero-order chi connectivity index (χ0) is 33.0. The molecule has 11 heteroatoms. The molecule has 1 aliphatic heterocycles. The lowest BCUT2D eigenvalue weighted by Crippen LogP contribution is -2.40. The average molecular weight is 643 g/mol. The molecule has 1 aliphatic rings. The number of anilines is 1. The first-order valence-electron chi connectivity index (χ1n) is 14.5. The number of likely N-dealkylation sites (N-methyl/N-ethyl adjacent to an activating group) is 1. The third-order valence-corrected chi connectivity index (χ3v) is 8.77. The Hall–Kier alpha value is -4.87. The molecule has 0 N–H and O–H groups in total. The predicted octanol–water partition coefficient (Wildman–Crippen LogP) is 5.80. The highest BCUT2D eigenvalue weighted by Gasteiger charge is 2.45. The standard InChI is InChI=1S/C35H34N2O8S/c1-22(38)43-30-17-11-25(20-31(30)44-23(2)39)34(41)45-35(26-12-14-27(42-5)15-13-26)21-32(40)37(19-18-36(3)4)29-16-10-24-8-6-7-9-28(24)33(29)46-35/h6-17,20H,18-19,21H2,1-5H3. The number of carbonyl (C=O) groups excluding carboxylic acids is 4. The van der Waals surface area contributed by atoms with Crippen molar-refractivity contribution in [1.29, 1.82) is 0 Å². The zero-order valence-corrected chi connectivity index (χ0v) is 27.0. The van der Waals surface area contributed by atoms with Crippen molar-refractivity contribution >= 4 is 52.0 Å². The van der Waals surface area contributed by atoms with E-state index in [1.54, 1.807) is 36.3 Å². The van der Waals surface area contributed by atoms with Crippen molar-refractivity contribution in [2.45, 2.75) is 30.1 Å². The number of thioether (sulfide) groups is 1. The molecule has 1 heterocycles. The first-order valence-corrected chi connectivity index (χ1v) is 15.4. The summed E-state index contributed by atoms with van der Waals surface area (Å²) in [5, 5.41) is 1.88. The number of hydrogen-bond donors (Lipinski definition) is 0. The van der Waals surface area contributed by atoms with Gasteiger partial charge in [0.15, 0.2) is 16.4 Å². The van der Waals surface area contributed by atoms with Crippen molar-refractivity contribution in [1.82, 2.24) is 4.90 Å². The molecule has 46 heavy (non-hydrogen) atoms. The number of carbonyl (C=O) groups is 4. The highest BCUT2D eigenvalue weighted by atomic mass is 32.2. The third-order valence-electron chi connectivity index (χ3n) is 7.35. The lowest BCUT2D eigenvalue weighted by Gasteiger charge is -2.32. The summed E-state index contributed by atoms with van der Waals surface area (Å²) in [5.41, 5.74) is 1.33. The molecule has 0 radical (unpaired) electrons. The maximum Gasteiger partial charge on any atom is 0.339 e. The summed E-state index contributed by atoms with van der Waals surface area (Å²) in [7, 11) is 5.44. The number of hydrogen-bond acceptors (Lipinski definition) is 10. The predicted molar refractivity (Wildman–Crippen MR) is 174 cm³/mol. The third kappa shape index (κ3) is 7.00. The molecular formula is C35H34N2O8S. The molecule has 0 saturated heterocycles. The van der Waals surface area contributed by atoms with E-state index in [0.29, 0.717) is 24.4 Å². The fourth-order valence-corrected chi connectivity index (χ4v) is 6.64. The topological polar surface area (TPSA) is 112 Å². The van der Waals surface area contributed by atoms with Crippen LogP contribution >= 0.6 is 11.8 Å². The van der Waals surface area contributed by atoms with E-state index in [4.69, 9.17) is 18.9 Å². The molecule has 5 rings (SSSR count). The summed E-state index contributed by atoms with van der Waals surface area (Å²) in [6, 6.07) is 22.9. The van der Waals surface area contributed by atoms with Crippen LogP contribution in [0.3, 0.4) is 0 Å². The van der Waals surface area contributed by atoms with E-state index in [1.165, 1.54) is 43.8 Å². The molecule has 0 aromatic heterocycles. The largest absolute Gasteiger partial charge is 0.497 e. The van der Waals surface area contributed by atoms with Crippen molar-refractivity contribution in [3.63, 3.8) is 0 Å². The van der Waals surface area contributed by atoms with Gasteiger partial charge in [-0.2, -0.15) is 0 Å². The highest BCUT2D eigenvalue weighted by molar-refractivity contribution is 8.00. The van der Waals surface area contributed by atoms with Crippen LogP contribution in [0.5, 0.6) is 17.2 Å². The van der Waals surface area contributed by atoms with E-state index >= 15 is 0 Å². The van der Waals surface area contributed by atoms with Crippen LogP contribution in [-0.4, -0.2) is 63.0 Å². The number of rotatable bonds is 9. The molecule has 0 saturated carbocycles. The minimum absolute atomic E-state index is 0.0277. The fourth-order valence-electron chi connectivity index (χ4n) is 5.17. The van der Waals surface area contributed by atoms with Gasteiger partial charge in [-0.3, -0.25) is 14.4 Å². The van der Waals surface area contributed by atoms with E-state index in [2.05, 4.69) is 0 Å². The second kappa shape index (κ2) is 13.6. The Morgan fingerprint density at radius 1 is 0.891 bits per heavy atom. The quantitative estimate of drug-likeness (QED) is 0.164. The molecular weight excluding hydrogens is 608 g/mol. The molecule has 4 aromatic carbocycles. The Balaban J connectivity index is 1.66. The fraction of sp³-hybridized carbons (Fsp3) is 0.257. The zero-order valence-electron chi connectivity index (χ0n) is 26.2. The second-order valence-electron chi connectivity index (χ2n) is 11.0. The molecule has 1 amide bonds. The lowest BCUT2D eigenvalue weighted by atomic mass is 10.0. The maximum absolute atomic E-state index is 14.3. The van der Waals surface area contributed by atoms with Gasteiger partial charge in [-0.1, -0.05) is 54.2 Å². The van der Waals surface area contributed by atoms with Gasteiger partial charge in [-0.25, -0.2) is 4.79 Å². The molecule has 1 unspecified atom stereocenters. The molecule has 4 aromatic rings.